The minimum Gasteiger partial charge on any atom is -0.370 e. The summed E-state index contributed by atoms with van der Waals surface area (Å²) in [6.07, 6.45) is 4.96. The maximum atomic E-state index is 11.4. The van der Waals surface area contributed by atoms with Gasteiger partial charge in [0.2, 0.25) is 10.0 Å². The van der Waals surface area contributed by atoms with Crippen LogP contribution in [-0.4, -0.2) is 39.8 Å². The lowest BCUT2D eigenvalue weighted by Crippen LogP contribution is -2.38. The summed E-state index contributed by atoms with van der Waals surface area (Å²) in [5.41, 5.74) is 7.14. The molecule has 2 atom stereocenters. The first kappa shape index (κ1) is 21.2. The number of hydrogen-bond acceptors (Lipinski definition) is 3. The Hall–Kier alpha value is -0.870. The third-order valence-electron chi connectivity index (χ3n) is 4.08. The van der Waals surface area contributed by atoms with Gasteiger partial charge >= 0.3 is 0 Å². The van der Waals surface area contributed by atoms with Crippen LogP contribution in [0.25, 0.3) is 0 Å². The van der Waals surface area contributed by atoms with Crippen molar-refractivity contribution in [2.24, 2.45) is 16.6 Å². The smallest absolute Gasteiger partial charge is 0.208 e. The topological polar surface area (TPSA) is 96.6 Å². The van der Waals surface area contributed by atoms with Gasteiger partial charge in [0.15, 0.2) is 5.96 Å². The molecule has 1 aromatic rings. The van der Waals surface area contributed by atoms with Crippen LogP contribution in [0.3, 0.4) is 0 Å². The normalized spacial score (nSPS) is 21.3. The van der Waals surface area contributed by atoms with Crippen molar-refractivity contribution in [3.05, 3.63) is 35.9 Å². The van der Waals surface area contributed by atoms with Gasteiger partial charge in [0, 0.05) is 19.1 Å². The van der Waals surface area contributed by atoms with E-state index in [4.69, 9.17) is 5.73 Å². The molecule has 0 saturated heterocycles. The molecule has 4 N–H and O–H groups in total. The monoisotopic (exact) mass is 466 g/mol. The standard InChI is InChI=1S/C16H26N4O2S.HI/c1-23(21,22)20-15-9-5-8-14(15)12-19-16(17)18-11-10-13-6-3-2-4-7-13;/h2-4,6-7,14-15,20H,5,8-12H2,1H3,(H3,17,18,19);1H. The molecule has 24 heavy (non-hydrogen) atoms. The van der Waals surface area contributed by atoms with E-state index in [1.807, 2.05) is 18.2 Å². The van der Waals surface area contributed by atoms with Crippen LogP contribution in [0.4, 0.5) is 0 Å². The second-order valence-electron chi connectivity index (χ2n) is 6.08. The average Bonchev–Trinajstić information content (AvgIpc) is 2.91. The van der Waals surface area contributed by atoms with E-state index in [0.717, 1.165) is 32.2 Å². The van der Waals surface area contributed by atoms with E-state index in [0.29, 0.717) is 12.5 Å². The van der Waals surface area contributed by atoms with Crippen LogP contribution in [0.15, 0.2) is 35.3 Å². The van der Waals surface area contributed by atoms with Crippen LogP contribution < -0.4 is 15.8 Å². The first-order valence-corrected chi connectivity index (χ1v) is 9.88. The Balaban J connectivity index is 0.00000288. The van der Waals surface area contributed by atoms with Crippen LogP contribution in [0, 0.1) is 5.92 Å². The highest BCUT2D eigenvalue weighted by Crippen LogP contribution is 2.26. The third kappa shape index (κ3) is 7.80. The molecular formula is C16H27IN4O2S. The van der Waals surface area contributed by atoms with Crippen molar-refractivity contribution in [1.82, 2.24) is 10.0 Å². The zero-order valence-corrected chi connectivity index (χ0v) is 17.1. The number of hydrogen-bond donors (Lipinski definition) is 3. The predicted octanol–water partition coefficient (Wildman–Crippen LogP) is 1.47. The lowest BCUT2D eigenvalue weighted by molar-refractivity contribution is 0.454. The number of aliphatic imine (C=N–C) groups is 1. The maximum absolute atomic E-state index is 11.4. The number of rotatable bonds is 7. The second kappa shape index (κ2) is 10.2. The Labute approximate surface area is 161 Å². The Bertz CT molecular complexity index is 622. The SMILES string of the molecule is CS(=O)(=O)NC1CCCC1CN=C(N)NCCc1ccccc1.I. The quantitative estimate of drug-likeness (QED) is 0.322. The molecule has 1 aliphatic rings. The molecule has 0 aromatic heterocycles. The molecule has 1 aliphatic carbocycles. The highest BCUT2D eigenvalue weighted by Gasteiger charge is 2.29. The van der Waals surface area contributed by atoms with Crippen molar-refractivity contribution in [1.29, 1.82) is 0 Å². The molecule has 8 heteroatoms. The summed E-state index contributed by atoms with van der Waals surface area (Å²) in [4.78, 5) is 4.37. The van der Waals surface area contributed by atoms with E-state index in [1.54, 1.807) is 0 Å². The lowest BCUT2D eigenvalue weighted by Gasteiger charge is -2.18. The van der Waals surface area contributed by atoms with Gasteiger partial charge in [-0.15, -0.1) is 24.0 Å². The molecule has 0 heterocycles. The van der Waals surface area contributed by atoms with Gasteiger partial charge in [0.25, 0.3) is 0 Å². The summed E-state index contributed by atoms with van der Waals surface area (Å²) in [6, 6.07) is 10.2. The van der Waals surface area contributed by atoms with Gasteiger partial charge in [-0.05, 0) is 30.7 Å². The summed E-state index contributed by atoms with van der Waals surface area (Å²) < 4.78 is 25.4. The molecule has 0 amide bonds. The summed E-state index contributed by atoms with van der Waals surface area (Å²) >= 11 is 0. The van der Waals surface area contributed by atoms with Crippen molar-refractivity contribution in [3.8, 4) is 0 Å². The Kier molecular flexibility index (Phi) is 8.99. The van der Waals surface area contributed by atoms with Crippen LogP contribution in [0.5, 0.6) is 0 Å². The largest absolute Gasteiger partial charge is 0.370 e. The first-order valence-electron chi connectivity index (χ1n) is 7.99. The molecule has 0 radical (unpaired) electrons. The summed E-state index contributed by atoms with van der Waals surface area (Å²) in [7, 11) is -3.17. The van der Waals surface area contributed by atoms with Gasteiger partial charge in [0.1, 0.15) is 0 Å². The molecule has 136 valence electrons. The second-order valence-corrected chi connectivity index (χ2v) is 7.86. The van der Waals surface area contributed by atoms with Crippen molar-refractivity contribution < 1.29 is 8.42 Å². The molecule has 0 aliphatic heterocycles. The Morgan fingerprint density at radius 1 is 1.29 bits per heavy atom. The van der Waals surface area contributed by atoms with E-state index in [1.165, 1.54) is 11.8 Å². The molecule has 1 aromatic carbocycles. The summed E-state index contributed by atoms with van der Waals surface area (Å²) in [6.45, 7) is 1.28. The van der Waals surface area contributed by atoms with Crippen LogP contribution in [0.1, 0.15) is 24.8 Å². The minimum absolute atomic E-state index is 0. The zero-order valence-electron chi connectivity index (χ0n) is 13.9. The van der Waals surface area contributed by atoms with Crippen molar-refractivity contribution >= 4 is 40.0 Å². The van der Waals surface area contributed by atoms with Crippen LogP contribution in [0.2, 0.25) is 0 Å². The maximum Gasteiger partial charge on any atom is 0.208 e. The van der Waals surface area contributed by atoms with Gasteiger partial charge < -0.3 is 11.1 Å². The van der Waals surface area contributed by atoms with Gasteiger partial charge in [-0.25, -0.2) is 13.1 Å². The molecular weight excluding hydrogens is 439 g/mol. The number of benzene rings is 1. The Morgan fingerprint density at radius 2 is 2.00 bits per heavy atom. The van der Waals surface area contributed by atoms with Gasteiger partial charge in [-0.3, -0.25) is 4.99 Å². The summed E-state index contributed by atoms with van der Waals surface area (Å²) in [5.74, 6) is 0.644. The molecule has 2 rings (SSSR count). The molecule has 2 unspecified atom stereocenters. The summed E-state index contributed by atoms with van der Waals surface area (Å²) in [5, 5.41) is 3.11. The Morgan fingerprint density at radius 3 is 2.67 bits per heavy atom. The van der Waals surface area contributed by atoms with Gasteiger partial charge in [-0.2, -0.15) is 0 Å². The van der Waals surface area contributed by atoms with E-state index < -0.39 is 10.0 Å². The fourth-order valence-corrected chi connectivity index (χ4v) is 3.80. The molecule has 1 saturated carbocycles. The predicted molar refractivity (Wildman–Crippen MR) is 109 cm³/mol. The van der Waals surface area contributed by atoms with Crippen LogP contribution in [-0.2, 0) is 16.4 Å². The molecule has 0 bridgehead atoms. The van der Waals surface area contributed by atoms with E-state index in [9.17, 15) is 8.42 Å². The minimum atomic E-state index is -3.17. The van der Waals surface area contributed by atoms with Crippen molar-refractivity contribution in [2.45, 2.75) is 31.7 Å². The molecule has 1 fully saturated rings. The lowest BCUT2D eigenvalue weighted by atomic mass is 10.1. The highest BCUT2D eigenvalue weighted by atomic mass is 127. The fraction of sp³-hybridized carbons (Fsp3) is 0.562. The van der Waals surface area contributed by atoms with E-state index >= 15 is 0 Å². The fourth-order valence-electron chi connectivity index (χ4n) is 2.94. The van der Waals surface area contributed by atoms with Gasteiger partial charge in [0.05, 0.1) is 6.26 Å². The van der Waals surface area contributed by atoms with E-state index in [2.05, 4.69) is 27.2 Å². The van der Waals surface area contributed by atoms with Crippen molar-refractivity contribution in [2.75, 3.05) is 19.3 Å². The third-order valence-corrected chi connectivity index (χ3v) is 4.81. The molecule has 0 spiro atoms. The highest BCUT2D eigenvalue weighted by molar-refractivity contribution is 14.0. The van der Waals surface area contributed by atoms with Crippen LogP contribution >= 0.6 is 24.0 Å². The molecule has 6 nitrogen and oxygen atoms in total. The number of sulfonamides is 1. The average molecular weight is 466 g/mol. The zero-order chi connectivity index (χ0) is 16.7. The number of nitrogens with two attached hydrogens (primary N) is 1. The number of halogens is 1. The number of nitrogens with zero attached hydrogens (tertiary/aromatic N) is 1. The number of guanidine groups is 1. The van der Waals surface area contributed by atoms with Crippen molar-refractivity contribution in [3.63, 3.8) is 0 Å². The van der Waals surface area contributed by atoms with Gasteiger partial charge in [-0.1, -0.05) is 36.8 Å². The first-order chi connectivity index (χ1) is 10.9. The number of nitrogens with one attached hydrogen (secondary N) is 2. The van der Waals surface area contributed by atoms with E-state index in [-0.39, 0.29) is 35.9 Å².